The number of hydrogen-bond donors (Lipinski definition) is 1. The van der Waals surface area contributed by atoms with E-state index in [2.05, 4.69) is 12.2 Å². The molecule has 0 amide bonds. The molecule has 1 aromatic rings. The van der Waals surface area contributed by atoms with Gasteiger partial charge in [-0.2, -0.15) is 0 Å². The fraction of sp³-hybridized carbons (Fsp3) is 0.750. The lowest BCUT2D eigenvalue weighted by molar-refractivity contribution is 0.445. The number of nitrogens with one attached hydrogen (secondary N) is 1. The number of aryl methyl sites for hydroxylation is 1. The van der Waals surface area contributed by atoms with Crippen molar-refractivity contribution in [1.82, 2.24) is 10.3 Å². The van der Waals surface area contributed by atoms with Crippen LogP contribution in [0.1, 0.15) is 53.1 Å². The first-order valence-electron chi connectivity index (χ1n) is 6.02. The summed E-state index contributed by atoms with van der Waals surface area (Å²) in [7, 11) is 0. The average Bonchev–Trinajstić information content (AvgIpc) is 2.70. The summed E-state index contributed by atoms with van der Waals surface area (Å²) in [5.41, 5.74) is 1.43. The predicted molar refractivity (Wildman–Crippen MR) is 63.7 cm³/mol. The number of thiazole rings is 1. The van der Waals surface area contributed by atoms with Gasteiger partial charge in [-0.1, -0.05) is 12.8 Å². The molecule has 2 nitrogen and oxygen atoms in total. The van der Waals surface area contributed by atoms with Crippen molar-refractivity contribution in [1.29, 1.82) is 0 Å². The van der Waals surface area contributed by atoms with E-state index in [0.717, 1.165) is 19.0 Å². The molecule has 0 bridgehead atoms. The smallest absolute Gasteiger partial charge is 0.0987 e. The van der Waals surface area contributed by atoms with Crippen molar-refractivity contribution < 1.29 is 0 Å². The molecule has 0 aromatic carbocycles. The highest BCUT2D eigenvalue weighted by Crippen LogP contribution is 2.38. The average molecular weight is 222 g/mol. The molecule has 0 spiro atoms. The lowest BCUT2D eigenvalue weighted by Gasteiger charge is -2.24. The van der Waals surface area contributed by atoms with Gasteiger partial charge in [0, 0.05) is 29.8 Å². The lowest BCUT2D eigenvalue weighted by Crippen LogP contribution is -2.39. The fourth-order valence-electron chi connectivity index (χ4n) is 2.65. The maximum absolute atomic E-state index is 4.89. The molecule has 1 saturated carbocycles. The molecule has 1 aromatic heterocycles. The minimum atomic E-state index is 0.712. The molecule has 0 unspecified atom stereocenters. The zero-order chi connectivity index (χ0) is 10.3. The molecule has 0 radical (unpaired) electrons. The first kappa shape index (κ1) is 9.79. The molecule has 2 heterocycles. The van der Waals surface area contributed by atoms with Crippen molar-refractivity contribution in [2.24, 2.45) is 0 Å². The number of nitrogens with zero attached hydrogens (tertiary/aromatic N) is 1. The quantitative estimate of drug-likeness (QED) is 0.832. The third-order valence-corrected chi connectivity index (χ3v) is 4.87. The number of rotatable bonds is 2. The van der Waals surface area contributed by atoms with E-state index in [4.69, 9.17) is 4.98 Å². The summed E-state index contributed by atoms with van der Waals surface area (Å²) in [4.78, 5) is 6.37. The van der Waals surface area contributed by atoms with Crippen molar-refractivity contribution in [3.63, 3.8) is 0 Å². The van der Waals surface area contributed by atoms with Gasteiger partial charge in [0.1, 0.15) is 0 Å². The molecule has 15 heavy (non-hydrogen) atoms. The largest absolute Gasteiger partial charge is 0.315 e. The topological polar surface area (TPSA) is 24.9 Å². The SMILES string of the molecule is Cc1sc(C2CNC2)nc1C1CCCC1. The molecular weight excluding hydrogens is 204 g/mol. The molecule has 1 N–H and O–H groups in total. The van der Waals surface area contributed by atoms with E-state index >= 15 is 0 Å². The summed E-state index contributed by atoms with van der Waals surface area (Å²) >= 11 is 1.93. The van der Waals surface area contributed by atoms with Crippen LogP contribution in [0.5, 0.6) is 0 Å². The molecule has 82 valence electrons. The van der Waals surface area contributed by atoms with Gasteiger partial charge >= 0.3 is 0 Å². The Hall–Kier alpha value is -0.410. The molecule has 1 aliphatic carbocycles. The Labute approximate surface area is 95.1 Å². The Kier molecular flexibility index (Phi) is 2.53. The van der Waals surface area contributed by atoms with Gasteiger partial charge in [-0.25, -0.2) is 4.98 Å². The maximum Gasteiger partial charge on any atom is 0.0987 e. The van der Waals surface area contributed by atoms with Gasteiger partial charge in [0.15, 0.2) is 0 Å². The van der Waals surface area contributed by atoms with Crippen LogP contribution in [0.4, 0.5) is 0 Å². The van der Waals surface area contributed by atoms with Crippen LogP contribution in [-0.4, -0.2) is 18.1 Å². The Morgan fingerprint density at radius 1 is 1.20 bits per heavy atom. The van der Waals surface area contributed by atoms with Crippen LogP contribution in [-0.2, 0) is 0 Å². The van der Waals surface area contributed by atoms with Crippen LogP contribution >= 0.6 is 11.3 Å². The van der Waals surface area contributed by atoms with E-state index < -0.39 is 0 Å². The zero-order valence-corrected chi connectivity index (χ0v) is 10.1. The van der Waals surface area contributed by atoms with E-state index in [-0.39, 0.29) is 0 Å². The van der Waals surface area contributed by atoms with Crippen LogP contribution in [0.3, 0.4) is 0 Å². The normalized spacial score (nSPS) is 23.3. The second-order valence-electron chi connectivity index (χ2n) is 4.83. The molecule has 3 heteroatoms. The highest BCUT2D eigenvalue weighted by molar-refractivity contribution is 7.11. The van der Waals surface area contributed by atoms with Crippen molar-refractivity contribution in [3.05, 3.63) is 15.6 Å². The Bertz CT molecular complexity index is 349. The second kappa shape index (κ2) is 3.87. The van der Waals surface area contributed by atoms with Gasteiger partial charge in [-0.05, 0) is 19.8 Å². The van der Waals surface area contributed by atoms with E-state index in [1.165, 1.54) is 41.3 Å². The first-order chi connectivity index (χ1) is 7.34. The fourth-order valence-corrected chi connectivity index (χ4v) is 3.75. The monoisotopic (exact) mass is 222 g/mol. The molecular formula is C12H18N2S. The number of hydrogen-bond acceptors (Lipinski definition) is 3. The predicted octanol–water partition coefficient (Wildman–Crippen LogP) is 2.80. The minimum Gasteiger partial charge on any atom is -0.315 e. The van der Waals surface area contributed by atoms with E-state index in [1.807, 2.05) is 11.3 Å². The Balaban J connectivity index is 1.84. The van der Waals surface area contributed by atoms with Crippen molar-refractivity contribution >= 4 is 11.3 Å². The van der Waals surface area contributed by atoms with Gasteiger partial charge in [0.25, 0.3) is 0 Å². The minimum absolute atomic E-state index is 0.712. The van der Waals surface area contributed by atoms with Gasteiger partial charge in [-0.3, -0.25) is 0 Å². The molecule has 0 atom stereocenters. The van der Waals surface area contributed by atoms with E-state index in [0.29, 0.717) is 5.92 Å². The highest BCUT2D eigenvalue weighted by atomic mass is 32.1. The van der Waals surface area contributed by atoms with E-state index in [9.17, 15) is 0 Å². The molecule has 1 aliphatic heterocycles. The van der Waals surface area contributed by atoms with Gasteiger partial charge < -0.3 is 5.32 Å². The summed E-state index contributed by atoms with van der Waals surface area (Å²) in [6.45, 7) is 4.52. The van der Waals surface area contributed by atoms with E-state index in [1.54, 1.807) is 0 Å². The van der Waals surface area contributed by atoms with Crippen molar-refractivity contribution in [2.75, 3.05) is 13.1 Å². The molecule has 2 aliphatic rings. The van der Waals surface area contributed by atoms with Crippen LogP contribution in [0, 0.1) is 6.92 Å². The van der Waals surface area contributed by atoms with Gasteiger partial charge in [0.2, 0.25) is 0 Å². The summed E-state index contributed by atoms with van der Waals surface area (Å²) in [5, 5.41) is 4.71. The number of aromatic nitrogens is 1. The standard InChI is InChI=1S/C12H18N2S/c1-8-11(9-4-2-3-5-9)14-12(15-8)10-6-13-7-10/h9-10,13H,2-7H2,1H3. The third-order valence-electron chi connectivity index (χ3n) is 3.72. The summed E-state index contributed by atoms with van der Waals surface area (Å²) in [6.07, 6.45) is 5.55. The molecule has 2 fully saturated rings. The lowest BCUT2D eigenvalue weighted by atomic mass is 10.0. The van der Waals surface area contributed by atoms with Crippen molar-refractivity contribution in [2.45, 2.75) is 44.4 Å². The zero-order valence-electron chi connectivity index (χ0n) is 9.25. The maximum atomic E-state index is 4.89. The van der Waals surface area contributed by atoms with Crippen LogP contribution in [0.15, 0.2) is 0 Å². The third kappa shape index (κ3) is 1.72. The summed E-state index contributed by atoms with van der Waals surface area (Å²) in [6, 6.07) is 0. The summed E-state index contributed by atoms with van der Waals surface area (Å²) < 4.78 is 0. The molecule has 3 rings (SSSR count). The Morgan fingerprint density at radius 3 is 2.53 bits per heavy atom. The van der Waals surface area contributed by atoms with Crippen LogP contribution < -0.4 is 5.32 Å². The molecule has 1 saturated heterocycles. The first-order valence-corrected chi connectivity index (χ1v) is 6.84. The second-order valence-corrected chi connectivity index (χ2v) is 6.06. The van der Waals surface area contributed by atoms with Crippen LogP contribution in [0.25, 0.3) is 0 Å². The summed E-state index contributed by atoms with van der Waals surface area (Å²) in [5.74, 6) is 1.49. The van der Waals surface area contributed by atoms with Gasteiger partial charge in [-0.15, -0.1) is 11.3 Å². The van der Waals surface area contributed by atoms with Gasteiger partial charge in [0.05, 0.1) is 10.7 Å². The van der Waals surface area contributed by atoms with Crippen molar-refractivity contribution in [3.8, 4) is 0 Å². The van der Waals surface area contributed by atoms with Crippen LogP contribution in [0.2, 0.25) is 0 Å². The highest BCUT2D eigenvalue weighted by Gasteiger charge is 2.27. The Morgan fingerprint density at radius 2 is 1.93 bits per heavy atom.